The fraction of sp³-hybridized carbons (Fsp3) is 0.120. The molecule has 1 heterocycles. The maximum atomic E-state index is 12.7. The van der Waals surface area contributed by atoms with Crippen molar-refractivity contribution >= 4 is 34.7 Å². The van der Waals surface area contributed by atoms with E-state index in [1.807, 2.05) is 36.4 Å². The smallest absolute Gasteiger partial charge is 0.293 e. The summed E-state index contributed by atoms with van der Waals surface area (Å²) in [7, 11) is 0. The number of rotatable bonds is 9. The Morgan fingerprint density at radius 3 is 2.38 bits per heavy atom. The molecule has 0 N–H and O–H groups in total. The van der Waals surface area contributed by atoms with Gasteiger partial charge in [-0.15, -0.1) is 0 Å². The molecule has 172 valence electrons. The molecule has 0 radical (unpaired) electrons. The standard InChI is InChI=1S/C25H20N2O6S/c28-24-23(34-25(29)26(24)13-14-32-21-6-2-1-3-7-21)16-19-5-4-8-22(15-19)33-17-18-9-11-20(12-10-18)27(30)31/h1-12,15-16H,13-14,17H2/b23-16-. The van der Waals surface area contributed by atoms with Crippen LogP contribution in [0.4, 0.5) is 10.5 Å². The fourth-order valence-electron chi connectivity index (χ4n) is 3.19. The van der Waals surface area contributed by atoms with Crippen LogP contribution in [0.25, 0.3) is 6.08 Å². The number of non-ortho nitro benzene ring substituents is 1. The predicted octanol–water partition coefficient (Wildman–Crippen LogP) is 5.29. The van der Waals surface area contributed by atoms with Gasteiger partial charge in [0.15, 0.2) is 0 Å². The largest absolute Gasteiger partial charge is 0.492 e. The SMILES string of the molecule is O=C1S/C(=C\c2cccc(OCc3ccc([N+](=O)[O-])cc3)c2)C(=O)N1CCOc1ccccc1. The Bertz CT molecular complexity index is 1230. The van der Waals surface area contributed by atoms with Crippen molar-refractivity contribution < 1.29 is 24.0 Å². The van der Waals surface area contributed by atoms with Crippen molar-refractivity contribution in [1.29, 1.82) is 0 Å². The molecule has 8 nitrogen and oxygen atoms in total. The third kappa shape index (κ3) is 5.81. The Labute approximate surface area is 199 Å². The number of carbonyl (C=O) groups excluding carboxylic acids is 2. The minimum atomic E-state index is -0.452. The number of ether oxygens (including phenoxy) is 2. The van der Waals surface area contributed by atoms with Crippen LogP contribution < -0.4 is 9.47 Å². The average Bonchev–Trinajstić information content (AvgIpc) is 3.11. The lowest BCUT2D eigenvalue weighted by Crippen LogP contribution is -2.32. The van der Waals surface area contributed by atoms with E-state index in [4.69, 9.17) is 9.47 Å². The van der Waals surface area contributed by atoms with Crippen molar-refractivity contribution in [3.05, 3.63) is 105 Å². The number of nitro benzene ring substituents is 1. The van der Waals surface area contributed by atoms with Gasteiger partial charge in [0, 0.05) is 12.1 Å². The van der Waals surface area contributed by atoms with E-state index in [0.717, 1.165) is 17.3 Å². The van der Waals surface area contributed by atoms with Gasteiger partial charge in [-0.2, -0.15) is 0 Å². The van der Waals surface area contributed by atoms with Crippen LogP contribution in [-0.4, -0.2) is 34.1 Å². The minimum Gasteiger partial charge on any atom is -0.492 e. The van der Waals surface area contributed by atoms with E-state index in [1.165, 1.54) is 17.0 Å². The first-order valence-corrected chi connectivity index (χ1v) is 11.2. The van der Waals surface area contributed by atoms with Crippen LogP contribution in [0, 0.1) is 10.1 Å². The first kappa shape index (κ1) is 23.1. The summed E-state index contributed by atoms with van der Waals surface area (Å²) in [4.78, 5) is 36.9. The maximum absolute atomic E-state index is 12.7. The first-order valence-electron chi connectivity index (χ1n) is 10.4. The van der Waals surface area contributed by atoms with Crippen molar-refractivity contribution in [1.82, 2.24) is 4.90 Å². The van der Waals surface area contributed by atoms with Crippen molar-refractivity contribution in [2.75, 3.05) is 13.2 Å². The van der Waals surface area contributed by atoms with Crippen molar-refractivity contribution in [2.24, 2.45) is 0 Å². The molecule has 0 bridgehead atoms. The number of thioether (sulfide) groups is 1. The monoisotopic (exact) mass is 476 g/mol. The van der Waals surface area contributed by atoms with Crippen LogP contribution in [0.15, 0.2) is 83.8 Å². The van der Waals surface area contributed by atoms with Crippen molar-refractivity contribution in [3.8, 4) is 11.5 Å². The lowest BCUT2D eigenvalue weighted by Gasteiger charge is -2.13. The van der Waals surface area contributed by atoms with Gasteiger partial charge in [-0.25, -0.2) is 0 Å². The Kier molecular flexibility index (Phi) is 7.24. The number of hydrogen-bond donors (Lipinski definition) is 0. The molecule has 0 unspecified atom stereocenters. The van der Waals surface area contributed by atoms with Gasteiger partial charge in [-0.1, -0.05) is 30.3 Å². The minimum absolute atomic E-state index is 0.0197. The zero-order valence-corrected chi connectivity index (χ0v) is 18.8. The number of para-hydroxylation sites is 1. The molecule has 0 spiro atoms. The molecule has 2 amide bonds. The van der Waals surface area contributed by atoms with Gasteiger partial charge in [0.05, 0.1) is 16.4 Å². The Morgan fingerprint density at radius 1 is 0.912 bits per heavy atom. The average molecular weight is 477 g/mol. The zero-order chi connectivity index (χ0) is 23.9. The fourth-order valence-corrected chi connectivity index (χ4v) is 4.06. The Balaban J connectivity index is 1.35. The topological polar surface area (TPSA) is 99.0 Å². The summed E-state index contributed by atoms with van der Waals surface area (Å²) < 4.78 is 11.4. The molecule has 0 saturated carbocycles. The predicted molar refractivity (Wildman–Crippen MR) is 128 cm³/mol. The number of nitro groups is 1. The Morgan fingerprint density at radius 2 is 1.65 bits per heavy atom. The van der Waals surface area contributed by atoms with Gasteiger partial charge in [0.1, 0.15) is 24.7 Å². The van der Waals surface area contributed by atoms with Crippen LogP contribution in [0.3, 0.4) is 0 Å². The summed E-state index contributed by atoms with van der Waals surface area (Å²) >= 11 is 0.890. The molecule has 3 aromatic rings. The maximum Gasteiger partial charge on any atom is 0.293 e. The highest BCUT2D eigenvalue weighted by Gasteiger charge is 2.34. The second-order valence-electron chi connectivity index (χ2n) is 7.28. The van der Waals surface area contributed by atoms with Gasteiger partial charge in [0.2, 0.25) is 0 Å². The summed E-state index contributed by atoms with van der Waals surface area (Å²) in [6.45, 7) is 0.607. The highest BCUT2D eigenvalue weighted by molar-refractivity contribution is 8.18. The third-order valence-electron chi connectivity index (χ3n) is 4.91. The summed E-state index contributed by atoms with van der Waals surface area (Å²) in [6.07, 6.45) is 1.65. The van der Waals surface area contributed by atoms with Gasteiger partial charge in [-0.3, -0.25) is 24.6 Å². The van der Waals surface area contributed by atoms with Gasteiger partial charge in [0.25, 0.3) is 16.8 Å². The van der Waals surface area contributed by atoms with E-state index < -0.39 is 4.92 Å². The molecule has 0 atom stereocenters. The van der Waals surface area contributed by atoms with E-state index in [9.17, 15) is 19.7 Å². The number of benzene rings is 3. The highest BCUT2D eigenvalue weighted by atomic mass is 32.2. The number of nitrogens with zero attached hydrogens (tertiary/aromatic N) is 2. The lowest BCUT2D eigenvalue weighted by molar-refractivity contribution is -0.384. The van der Waals surface area contributed by atoms with Crippen molar-refractivity contribution in [3.63, 3.8) is 0 Å². The molecule has 4 rings (SSSR count). The third-order valence-corrected chi connectivity index (χ3v) is 5.82. The van der Waals surface area contributed by atoms with Crippen LogP contribution in [0.2, 0.25) is 0 Å². The number of amides is 2. The molecule has 1 aliphatic heterocycles. The first-order chi connectivity index (χ1) is 16.5. The molecule has 1 saturated heterocycles. The van der Waals surface area contributed by atoms with E-state index in [2.05, 4.69) is 0 Å². The summed E-state index contributed by atoms with van der Waals surface area (Å²) in [5.74, 6) is 0.891. The van der Waals surface area contributed by atoms with Crippen molar-refractivity contribution in [2.45, 2.75) is 6.61 Å². The summed E-state index contributed by atoms with van der Waals surface area (Å²) in [5.41, 5.74) is 1.52. The van der Waals surface area contributed by atoms with Crippen LogP contribution in [-0.2, 0) is 11.4 Å². The van der Waals surface area contributed by atoms with E-state index >= 15 is 0 Å². The van der Waals surface area contributed by atoms with E-state index in [-0.39, 0.29) is 36.6 Å². The normalized spacial score (nSPS) is 14.5. The molecule has 9 heteroatoms. The van der Waals surface area contributed by atoms with E-state index in [0.29, 0.717) is 22.0 Å². The molecular weight excluding hydrogens is 456 g/mol. The summed E-state index contributed by atoms with van der Waals surface area (Å²) in [5, 5.41) is 10.4. The molecule has 34 heavy (non-hydrogen) atoms. The number of carbonyl (C=O) groups is 2. The van der Waals surface area contributed by atoms with Crippen LogP contribution in [0.1, 0.15) is 11.1 Å². The zero-order valence-electron chi connectivity index (χ0n) is 18.0. The van der Waals surface area contributed by atoms with E-state index in [1.54, 1.807) is 36.4 Å². The van der Waals surface area contributed by atoms with Gasteiger partial charge >= 0.3 is 0 Å². The molecule has 0 aliphatic carbocycles. The van der Waals surface area contributed by atoms with Crippen LogP contribution >= 0.6 is 11.8 Å². The molecule has 1 fully saturated rings. The summed E-state index contributed by atoms with van der Waals surface area (Å²) in [6, 6.07) is 22.5. The Hall–Kier alpha value is -4.11. The highest BCUT2D eigenvalue weighted by Crippen LogP contribution is 2.32. The second-order valence-corrected chi connectivity index (χ2v) is 8.27. The molecule has 0 aromatic heterocycles. The van der Waals surface area contributed by atoms with Gasteiger partial charge in [-0.05, 0) is 65.4 Å². The van der Waals surface area contributed by atoms with Crippen LogP contribution in [0.5, 0.6) is 11.5 Å². The molecule has 1 aliphatic rings. The second kappa shape index (κ2) is 10.7. The quantitative estimate of drug-likeness (QED) is 0.235. The molecule has 3 aromatic carbocycles. The number of hydrogen-bond acceptors (Lipinski definition) is 7. The number of imide groups is 1. The lowest BCUT2D eigenvalue weighted by atomic mass is 10.2. The van der Waals surface area contributed by atoms with Gasteiger partial charge < -0.3 is 9.47 Å². The molecular formula is C25H20N2O6S.